The molecule has 0 fully saturated rings. The molecule has 0 radical (unpaired) electrons. The van der Waals surface area contributed by atoms with Crippen LogP contribution in [0.1, 0.15) is 342 Å². The first-order chi connectivity index (χ1) is 52.2. The fraction of sp³-hybridized carbons (Fsp3) is 0.697. The number of aliphatic hydroxyl groups excluding tert-OH is 2. The van der Waals surface area contributed by atoms with Gasteiger partial charge in [0.1, 0.15) is 25.4 Å². The third-order valence-electron chi connectivity index (χ3n) is 17.5. The van der Waals surface area contributed by atoms with Crippen LogP contribution in [-0.4, -0.2) is 95.9 Å². The maximum absolute atomic E-state index is 13.0. The summed E-state index contributed by atoms with van der Waals surface area (Å²) in [4.78, 5) is 58.9. The van der Waals surface area contributed by atoms with Gasteiger partial charge in [0.25, 0.3) is 0 Å². The number of aliphatic hydroxyl groups is 2. The van der Waals surface area contributed by atoms with Gasteiger partial charge in [0.2, 0.25) is 0 Å². The van der Waals surface area contributed by atoms with Crippen molar-refractivity contribution in [3.05, 3.63) is 146 Å². The Kier molecular flexibility index (Phi) is 77.5. The number of hydrogen-bond donors (Lipinski definition) is 4. The first-order valence-corrected chi connectivity index (χ1v) is 45.1. The van der Waals surface area contributed by atoms with Gasteiger partial charge in [-0.05, 0) is 154 Å². The summed E-state index contributed by atoms with van der Waals surface area (Å²) in [5, 5.41) is 20.7. The molecule has 0 spiro atoms. The highest BCUT2D eigenvalue weighted by Gasteiger charge is 2.29. The lowest BCUT2D eigenvalue weighted by atomic mass is 10.1. The lowest BCUT2D eigenvalue weighted by Gasteiger charge is -2.21. The molecule has 0 saturated heterocycles. The van der Waals surface area contributed by atoms with Crippen molar-refractivity contribution in [3.63, 3.8) is 0 Å². The quantitative estimate of drug-likeness (QED) is 0.0146. The van der Waals surface area contributed by atoms with Crippen molar-refractivity contribution in [2.45, 2.75) is 360 Å². The van der Waals surface area contributed by atoms with Crippen LogP contribution < -0.4 is 0 Å². The number of phosphoric acid groups is 2. The standard InChI is InChI=1S/C89H152O16P2/c1-4-7-10-13-16-19-22-25-28-31-34-37-40-41-44-46-48-51-54-57-60-63-66-69-72-75-87(92)99-78-84(90)79-101-106(95,96)102-80-85(91)81-103-107(97,98)104-83-86(105-89(94)77-74-71-68-65-62-59-56-53-50-47-43-39-36-33-30-27-24-21-18-15-12-9-6-3)82-100-88(93)76-73-70-67-64-61-58-55-52-49-45-42-38-35-32-29-26-23-20-17-14-11-8-5-2/h16-21,25-30,34-39,41,44-45,47,49-50,84-86,90-91H,4-15,22-24,31-33,40,42-43,46,48,51-83H2,1-3H3,(H,95,96)(H,97,98)/b19-16-,20-17-,21-18-,28-25-,29-26-,30-27-,37-34-,38-35-,39-36-,44-41-,49-45-,50-47-. The first kappa shape index (κ1) is 102. The number of carbonyl (C=O) groups excluding carboxylic acids is 3. The fourth-order valence-electron chi connectivity index (χ4n) is 11.1. The van der Waals surface area contributed by atoms with Gasteiger partial charge in [0, 0.05) is 19.3 Å². The van der Waals surface area contributed by atoms with E-state index in [1.54, 1.807) is 0 Å². The highest BCUT2D eigenvalue weighted by Crippen LogP contribution is 2.45. The summed E-state index contributed by atoms with van der Waals surface area (Å²) >= 11 is 0. The number of ether oxygens (including phenoxy) is 3. The molecule has 0 aromatic rings. The van der Waals surface area contributed by atoms with E-state index in [0.717, 1.165) is 180 Å². The van der Waals surface area contributed by atoms with Crippen LogP contribution in [0.15, 0.2) is 146 Å². The zero-order valence-corrected chi connectivity index (χ0v) is 69.1. The highest BCUT2D eigenvalue weighted by atomic mass is 31.2. The summed E-state index contributed by atoms with van der Waals surface area (Å²) in [6.07, 6.45) is 100. The number of hydrogen-bond acceptors (Lipinski definition) is 14. The van der Waals surface area contributed by atoms with Crippen molar-refractivity contribution in [3.8, 4) is 0 Å². The van der Waals surface area contributed by atoms with Crippen LogP contribution in [0.4, 0.5) is 0 Å². The van der Waals surface area contributed by atoms with Crippen LogP contribution in [0.2, 0.25) is 0 Å². The minimum atomic E-state index is -4.95. The van der Waals surface area contributed by atoms with Gasteiger partial charge in [-0.3, -0.25) is 32.5 Å². The minimum Gasteiger partial charge on any atom is -0.463 e. The average molecular weight is 1540 g/mol. The molecule has 0 aromatic carbocycles. The molecule has 4 N–H and O–H groups in total. The minimum absolute atomic E-state index is 0.0853. The zero-order valence-electron chi connectivity index (χ0n) is 67.3. The van der Waals surface area contributed by atoms with Gasteiger partial charge in [-0.25, -0.2) is 9.13 Å². The number of carbonyl (C=O) groups is 3. The molecule has 0 aliphatic heterocycles. The van der Waals surface area contributed by atoms with Gasteiger partial charge >= 0.3 is 33.6 Å². The van der Waals surface area contributed by atoms with Crippen molar-refractivity contribution in [1.82, 2.24) is 0 Å². The summed E-state index contributed by atoms with van der Waals surface area (Å²) in [6.45, 7) is 2.59. The van der Waals surface area contributed by atoms with Crippen molar-refractivity contribution in [2.75, 3.05) is 39.6 Å². The van der Waals surface area contributed by atoms with E-state index < -0.39 is 91.5 Å². The third kappa shape index (κ3) is 82.2. The van der Waals surface area contributed by atoms with E-state index >= 15 is 0 Å². The zero-order chi connectivity index (χ0) is 78.0. The van der Waals surface area contributed by atoms with Crippen molar-refractivity contribution in [1.29, 1.82) is 0 Å². The van der Waals surface area contributed by atoms with Crippen LogP contribution in [-0.2, 0) is 55.8 Å². The van der Waals surface area contributed by atoms with Crippen LogP contribution in [0.25, 0.3) is 0 Å². The summed E-state index contributed by atoms with van der Waals surface area (Å²) in [5.41, 5.74) is 0. The smallest absolute Gasteiger partial charge is 0.463 e. The van der Waals surface area contributed by atoms with E-state index in [9.17, 15) is 43.5 Å². The van der Waals surface area contributed by atoms with Gasteiger partial charge in [0.05, 0.1) is 26.4 Å². The first-order valence-electron chi connectivity index (χ1n) is 42.1. The van der Waals surface area contributed by atoms with Crippen molar-refractivity contribution in [2.24, 2.45) is 0 Å². The van der Waals surface area contributed by atoms with Crippen LogP contribution in [0.5, 0.6) is 0 Å². The lowest BCUT2D eigenvalue weighted by molar-refractivity contribution is -0.161. The Bertz CT molecular complexity index is 2530. The number of rotatable bonds is 79. The molecule has 107 heavy (non-hydrogen) atoms. The Morgan fingerprint density at radius 1 is 0.262 bits per heavy atom. The Labute approximate surface area is 651 Å². The van der Waals surface area contributed by atoms with Crippen LogP contribution in [0, 0.1) is 0 Å². The Morgan fingerprint density at radius 3 is 0.738 bits per heavy atom. The molecular weight excluding hydrogens is 1390 g/mol. The molecular formula is C89H152O16P2. The van der Waals surface area contributed by atoms with E-state index in [-0.39, 0.29) is 19.3 Å². The number of allylic oxidation sites excluding steroid dienone is 24. The van der Waals surface area contributed by atoms with E-state index in [1.165, 1.54) is 103 Å². The highest BCUT2D eigenvalue weighted by molar-refractivity contribution is 7.47. The molecule has 614 valence electrons. The second kappa shape index (κ2) is 80.9. The van der Waals surface area contributed by atoms with Gasteiger partial charge in [0.15, 0.2) is 6.10 Å². The second-order valence-corrected chi connectivity index (χ2v) is 30.8. The van der Waals surface area contributed by atoms with Gasteiger partial charge in [-0.15, -0.1) is 0 Å². The molecule has 0 aliphatic carbocycles. The maximum atomic E-state index is 13.0. The SMILES string of the molecule is CCCCC/C=C\C/C=C\C/C=C\C/C=C\CCCCCCCCCCCC(=O)OCC(O)COP(=O)(O)OCC(O)COP(=O)(O)OCC(COC(=O)CCCCCCCCC/C=C\C/C=C\C/C=C\C/C=C\CCCCC)OC(=O)CCCCCCCCC/C=C\C/C=C\C/C=C\C/C=C\CCCCC. The molecule has 0 bridgehead atoms. The van der Waals surface area contributed by atoms with E-state index in [0.29, 0.717) is 19.3 Å². The molecule has 5 unspecified atom stereocenters. The predicted octanol–water partition coefficient (Wildman–Crippen LogP) is 25.2. The number of esters is 3. The van der Waals surface area contributed by atoms with Crippen LogP contribution >= 0.6 is 15.6 Å². The molecule has 16 nitrogen and oxygen atoms in total. The largest absolute Gasteiger partial charge is 0.472 e. The monoisotopic (exact) mass is 1540 g/mol. The maximum Gasteiger partial charge on any atom is 0.472 e. The van der Waals surface area contributed by atoms with Crippen molar-refractivity contribution >= 4 is 33.6 Å². The molecule has 0 saturated carbocycles. The summed E-state index contributed by atoms with van der Waals surface area (Å²) < 4.78 is 61.3. The Balaban J connectivity index is 4.72. The lowest BCUT2D eigenvalue weighted by Crippen LogP contribution is -2.30. The normalized spacial score (nSPS) is 14.6. The molecule has 18 heteroatoms. The summed E-state index contributed by atoms with van der Waals surface area (Å²) in [7, 11) is -9.81. The summed E-state index contributed by atoms with van der Waals surface area (Å²) in [5.74, 6) is -1.60. The number of unbranched alkanes of at least 4 members (excludes halogenated alkanes) is 32. The Hall–Kier alpha value is -4.57. The van der Waals surface area contributed by atoms with Gasteiger partial charge < -0.3 is 34.2 Å². The molecule has 0 aromatic heterocycles. The predicted molar refractivity (Wildman–Crippen MR) is 445 cm³/mol. The number of phosphoric ester groups is 2. The van der Waals surface area contributed by atoms with E-state index in [4.69, 9.17) is 32.3 Å². The van der Waals surface area contributed by atoms with Gasteiger partial charge in [-0.2, -0.15) is 0 Å². The topological polar surface area (TPSA) is 231 Å². The van der Waals surface area contributed by atoms with Crippen LogP contribution in [0.3, 0.4) is 0 Å². The molecule has 5 atom stereocenters. The second-order valence-electron chi connectivity index (χ2n) is 27.9. The Morgan fingerprint density at radius 2 is 0.467 bits per heavy atom. The molecule has 0 rings (SSSR count). The molecule has 0 aliphatic rings. The third-order valence-corrected chi connectivity index (χ3v) is 19.4. The van der Waals surface area contributed by atoms with Gasteiger partial charge in [-0.1, -0.05) is 314 Å². The molecule has 0 heterocycles. The molecule has 0 amide bonds. The fourth-order valence-corrected chi connectivity index (χ4v) is 12.6. The average Bonchev–Trinajstić information content (AvgIpc) is 0.903. The summed E-state index contributed by atoms with van der Waals surface area (Å²) in [6, 6.07) is 0. The van der Waals surface area contributed by atoms with E-state index in [2.05, 4.69) is 167 Å². The van der Waals surface area contributed by atoms with Crippen molar-refractivity contribution < 1.29 is 75.8 Å². The van der Waals surface area contributed by atoms with E-state index in [1.807, 2.05) is 0 Å².